The summed E-state index contributed by atoms with van der Waals surface area (Å²) < 4.78 is 96.6. The normalized spacial score (nSPS) is 55.4. The Balaban J connectivity index is 0.975. The van der Waals surface area contributed by atoms with Crippen molar-refractivity contribution >= 4 is 127 Å². The second-order valence-corrected chi connectivity index (χ2v) is 27.4. The van der Waals surface area contributed by atoms with Gasteiger partial charge >= 0.3 is 0 Å². The van der Waals surface area contributed by atoms with Gasteiger partial charge in [-0.2, -0.15) is 0 Å². The number of aliphatic hydroxyl groups excluding tert-OH is 16. The standard InChI is InChI=1S/C48H72Br8O32/c49-1-9-33-17(57)25(65)41(73-9)82-34-10(2-50)75-43(27(67)19(34)59)84-36-12(4-52)77-45(29(69)21(36)61)86-38-14(6-54)79-47(31(71)23(38)63)88-40-16(8-56)80-48(32(72)24(40)64)87-39-15(7-55)78-46(30(70)22(39)62)85-37-13(5-53)76-44(28(68)20(37)60)83-35-11(3-51)74-42(81-33)26(66)18(35)58/h9-48,57-72H,1-8H2. The number of hydrogen-bond donors (Lipinski definition) is 16. The molecule has 0 aliphatic carbocycles. The molecule has 32 nitrogen and oxygen atoms in total. The van der Waals surface area contributed by atoms with Crippen LogP contribution in [0, 0.1) is 0 Å². The maximum atomic E-state index is 11.6. The topological polar surface area (TPSA) is 471 Å². The van der Waals surface area contributed by atoms with Gasteiger partial charge in [-0.25, -0.2) is 0 Å². The molecule has 40 unspecified atom stereocenters. The molecule has 0 radical (unpaired) electrons. The van der Waals surface area contributed by atoms with Crippen molar-refractivity contribution in [1.82, 2.24) is 0 Å². The van der Waals surface area contributed by atoms with E-state index in [-0.39, 0.29) is 42.6 Å². The highest BCUT2D eigenvalue weighted by Crippen LogP contribution is 2.41. The second kappa shape index (κ2) is 32.7. The molecule has 30 aliphatic rings. The minimum atomic E-state index is -1.99. The highest BCUT2D eigenvalue weighted by Gasteiger charge is 2.60. The first-order valence-corrected chi connectivity index (χ1v) is 36.7. The smallest absolute Gasteiger partial charge is 0.187 e. The maximum Gasteiger partial charge on any atom is 0.187 e. The van der Waals surface area contributed by atoms with E-state index < -0.39 is 246 Å². The summed E-state index contributed by atoms with van der Waals surface area (Å²) in [5.41, 5.74) is 0. The van der Waals surface area contributed by atoms with Gasteiger partial charge in [0.2, 0.25) is 0 Å². The zero-order valence-corrected chi connectivity index (χ0v) is 58.1. The minimum Gasteiger partial charge on any atom is -0.387 e. The Hall–Kier alpha value is 2.56. The molecule has 16 N–H and O–H groups in total. The predicted octanol–water partition coefficient (Wildman–Crippen LogP) is -6.19. The second-order valence-electron chi connectivity index (χ2n) is 22.2. The van der Waals surface area contributed by atoms with Gasteiger partial charge in [0.15, 0.2) is 50.3 Å². The Morgan fingerprint density at radius 3 is 0.318 bits per heavy atom. The lowest BCUT2D eigenvalue weighted by Gasteiger charge is -2.50. The first-order valence-electron chi connectivity index (χ1n) is 27.7. The molecule has 30 rings (SSSR count). The van der Waals surface area contributed by atoms with Gasteiger partial charge in [-0.15, -0.1) is 0 Å². The summed E-state index contributed by atoms with van der Waals surface area (Å²) in [5.74, 6) is 0. The fourth-order valence-electron chi connectivity index (χ4n) is 11.7. The molecule has 88 heavy (non-hydrogen) atoms. The van der Waals surface area contributed by atoms with E-state index >= 15 is 0 Å². The SMILES string of the molecule is OC1C2OC(CBr)C(OC3OC(CBr)C(OC4OC(CBr)C(OC5OC(CBr)C(OC6OC(CBr)C(OC7OC(CBr)C(OC8OC(CBr)C(OC9OC(CBr)C(O2)C(O)C9O)C(O)C8O)C(O)C7O)C(O)C6O)C(O)C5O)C(O)C4O)C(O)C3O)C1O. The van der Waals surface area contributed by atoms with Crippen molar-refractivity contribution in [2.24, 2.45) is 0 Å². The highest BCUT2D eigenvalue weighted by atomic mass is 79.9. The summed E-state index contributed by atoms with van der Waals surface area (Å²) in [4.78, 5) is 0. The lowest BCUT2D eigenvalue weighted by Crippen LogP contribution is -2.68. The molecule has 40 heteroatoms. The number of hydrogen-bond acceptors (Lipinski definition) is 32. The molecule has 30 fully saturated rings. The molecule has 0 aromatic heterocycles. The average molecular weight is 1800 g/mol. The Morgan fingerprint density at radius 1 is 0.148 bits per heavy atom. The van der Waals surface area contributed by atoms with Crippen molar-refractivity contribution in [3.63, 3.8) is 0 Å². The quantitative estimate of drug-likeness (QED) is 0.101. The zero-order chi connectivity index (χ0) is 64.1. The van der Waals surface area contributed by atoms with Crippen LogP contribution in [0.1, 0.15) is 0 Å². The lowest BCUT2D eigenvalue weighted by molar-refractivity contribution is -0.396. The summed E-state index contributed by atoms with van der Waals surface area (Å²) in [6.45, 7) is 0. The van der Waals surface area contributed by atoms with Crippen LogP contribution >= 0.6 is 127 Å². The van der Waals surface area contributed by atoms with Crippen molar-refractivity contribution in [2.75, 3.05) is 42.6 Å². The molecular formula is C48H72Br8O32. The summed E-state index contributed by atoms with van der Waals surface area (Å²) in [5, 5.41) is 184. The molecule has 0 aromatic carbocycles. The summed E-state index contributed by atoms with van der Waals surface area (Å²) >= 11 is 26.4. The van der Waals surface area contributed by atoms with Gasteiger partial charge in [-0.3, -0.25) is 0 Å². The molecule has 0 saturated carbocycles. The Labute approximate surface area is 568 Å². The van der Waals surface area contributed by atoms with E-state index in [1.54, 1.807) is 0 Å². The van der Waals surface area contributed by atoms with Crippen molar-refractivity contribution in [3.05, 3.63) is 0 Å². The van der Waals surface area contributed by atoms with Gasteiger partial charge in [-0.1, -0.05) is 127 Å². The van der Waals surface area contributed by atoms with E-state index in [0.717, 1.165) is 0 Å². The molecule has 30 aliphatic heterocycles. The fourth-order valence-corrected chi connectivity index (χ4v) is 15.9. The Bertz CT molecular complexity index is 1730. The van der Waals surface area contributed by atoms with Crippen molar-refractivity contribution in [2.45, 2.75) is 246 Å². The first-order chi connectivity index (χ1) is 41.9. The zero-order valence-electron chi connectivity index (χ0n) is 45.5. The Kier molecular flexibility index (Phi) is 27.8. The van der Waals surface area contributed by atoms with Gasteiger partial charge in [0.25, 0.3) is 0 Å². The van der Waals surface area contributed by atoms with Crippen LogP contribution in [0.3, 0.4) is 0 Å². The van der Waals surface area contributed by atoms with E-state index in [1.165, 1.54) is 0 Å². The number of rotatable bonds is 8. The van der Waals surface area contributed by atoms with Crippen LogP contribution in [0.2, 0.25) is 0 Å². The number of aliphatic hydroxyl groups is 16. The van der Waals surface area contributed by atoms with E-state index in [1.807, 2.05) is 0 Å². The van der Waals surface area contributed by atoms with E-state index in [4.69, 9.17) is 75.8 Å². The minimum absolute atomic E-state index is 0.130. The van der Waals surface area contributed by atoms with Gasteiger partial charge < -0.3 is 157 Å². The van der Waals surface area contributed by atoms with Crippen LogP contribution < -0.4 is 0 Å². The average Bonchev–Trinajstić information content (AvgIpc) is 0.980. The van der Waals surface area contributed by atoms with Gasteiger partial charge in [-0.05, 0) is 0 Å². The maximum absolute atomic E-state index is 11.6. The van der Waals surface area contributed by atoms with Crippen LogP contribution in [0.15, 0.2) is 0 Å². The van der Waals surface area contributed by atoms with E-state index in [2.05, 4.69) is 127 Å². The third kappa shape index (κ3) is 15.3. The molecular weight excluding hydrogens is 1730 g/mol. The number of halogens is 8. The summed E-state index contributed by atoms with van der Waals surface area (Å²) in [6, 6.07) is 0. The molecule has 40 atom stereocenters. The van der Waals surface area contributed by atoms with Crippen LogP contribution in [0.25, 0.3) is 0 Å². The molecule has 0 aromatic rings. The molecule has 0 amide bonds. The molecule has 0 spiro atoms. The molecule has 30 saturated heterocycles. The fraction of sp³-hybridized carbons (Fsp3) is 1.00. The summed E-state index contributed by atoms with van der Waals surface area (Å²) in [7, 11) is 0. The van der Waals surface area contributed by atoms with Crippen molar-refractivity contribution in [1.29, 1.82) is 0 Å². The Morgan fingerprint density at radius 2 is 0.239 bits per heavy atom. The highest BCUT2D eigenvalue weighted by molar-refractivity contribution is 9.10. The lowest BCUT2D eigenvalue weighted by atomic mass is 9.95. The van der Waals surface area contributed by atoms with Crippen LogP contribution in [0.4, 0.5) is 0 Å². The number of ether oxygens (including phenoxy) is 16. The predicted molar refractivity (Wildman–Crippen MR) is 315 cm³/mol. The van der Waals surface area contributed by atoms with Gasteiger partial charge in [0.05, 0.1) is 48.8 Å². The first kappa shape index (κ1) is 74.8. The summed E-state index contributed by atoms with van der Waals surface area (Å²) in [6.07, 6.45) is -67.7. The number of alkyl halides is 8. The molecule has 30 heterocycles. The van der Waals surface area contributed by atoms with Crippen LogP contribution in [0.5, 0.6) is 0 Å². The van der Waals surface area contributed by atoms with E-state index in [9.17, 15) is 81.7 Å². The molecule has 16 bridgehead atoms. The van der Waals surface area contributed by atoms with Gasteiger partial charge in [0, 0.05) is 42.6 Å². The van der Waals surface area contributed by atoms with Crippen molar-refractivity contribution < 1.29 is 157 Å². The third-order valence-electron chi connectivity index (χ3n) is 16.7. The van der Waals surface area contributed by atoms with Crippen molar-refractivity contribution in [3.8, 4) is 0 Å². The third-order valence-corrected chi connectivity index (χ3v) is 21.8. The monoisotopic (exact) mass is 1790 g/mol. The largest absolute Gasteiger partial charge is 0.387 e. The van der Waals surface area contributed by atoms with E-state index in [0.29, 0.717) is 0 Å². The van der Waals surface area contributed by atoms with Gasteiger partial charge in [0.1, 0.15) is 146 Å². The van der Waals surface area contributed by atoms with Crippen LogP contribution in [-0.2, 0) is 75.8 Å². The van der Waals surface area contributed by atoms with Crippen LogP contribution in [-0.4, -0.2) is 370 Å². The molecule has 512 valence electrons.